The van der Waals surface area contributed by atoms with Crippen molar-refractivity contribution in [1.82, 2.24) is 10.6 Å². The highest BCUT2D eigenvalue weighted by Crippen LogP contribution is 2.30. The summed E-state index contributed by atoms with van der Waals surface area (Å²) in [7, 11) is 0. The molecule has 0 fully saturated rings. The maximum absolute atomic E-state index is 13.3. The zero-order chi connectivity index (χ0) is 24.6. The number of carbonyl (C=O) groups is 2. The van der Waals surface area contributed by atoms with Gasteiger partial charge in [0.2, 0.25) is 0 Å². The third kappa shape index (κ3) is 7.22. The summed E-state index contributed by atoms with van der Waals surface area (Å²) in [5.74, 6) is -0.514. The molecule has 34 heavy (non-hydrogen) atoms. The van der Waals surface area contributed by atoms with Gasteiger partial charge in [-0.15, -0.1) is 0 Å². The van der Waals surface area contributed by atoms with Crippen LogP contribution < -0.4 is 20.9 Å². The second-order valence-electron chi connectivity index (χ2n) is 7.23. The van der Waals surface area contributed by atoms with Crippen molar-refractivity contribution in [3.8, 4) is 0 Å². The van der Waals surface area contributed by atoms with E-state index in [0.29, 0.717) is 12.2 Å². The average molecular weight is 474 g/mol. The molecule has 178 valence electrons. The molecule has 4 amide bonds. The molecule has 0 unspecified atom stereocenters. The fourth-order valence-electron chi connectivity index (χ4n) is 3.06. The van der Waals surface area contributed by atoms with Crippen molar-refractivity contribution in [1.29, 1.82) is 0 Å². The maximum atomic E-state index is 13.3. The molecule has 3 N–H and O–H groups in total. The van der Waals surface area contributed by atoms with Crippen LogP contribution in [-0.4, -0.2) is 25.2 Å². The van der Waals surface area contributed by atoms with Gasteiger partial charge in [0.15, 0.2) is 0 Å². The lowest BCUT2D eigenvalue weighted by atomic mass is 10.2. The zero-order valence-corrected chi connectivity index (χ0v) is 17.9. The Bertz CT molecular complexity index is 1110. The first-order valence-electron chi connectivity index (χ1n) is 10.3. The summed E-state index contributed by atoms with van der Waals surface area (Å²) in [5.41, 5.74) is 0.249. The Balaban J connectivity index is 1.64. The van der Waals surface area contributed by atoms with Gasteiger partial charge in [0, 0.05) is 31.0 Å². The molecule has 6 nitrogen and oxygen atoms in total. The van der Waals surface area contributed by atoms with Crippen LogP contribution in [0.1, 0.15) is 11.1 Å². The highest BCUT2D eigenvalue weighted by Gasteiger charge is 2.30. The third-order valence-corrected chi connectivity index (χ3v) is 4.74. The van der Waals surface area contributed by atoms with Gasteiger partial charge >= 0.3 is 18.2 Å². The van der Waals surface area contributed by atoms with Gasteiger partial charge in [-0.25, -0.2) is 14.0 Å². The van der Waals surface area contributed by atoms with Gasteiger partial charge < -0.3 is 16.0 Å². The van der Waals surface area contributed by atoms with E-state index in [4.69, 9.17) is 0 Å². The Labute approximate surface area is 193 Å². The van der Waals surface area contributed by atoms with Crippen molar-refractivity contribution in [2.24, 2.45) is 0 Å². The van der Waals surface area contributed by atoms with Gasteiger partial charge in [0.25, 0.3) is 0 Å². The number of alkyl halides is 3. The minimum Gasteiger partial charge on any atom is -0.336 e. The maximum Gasteiger partial charge on any atom is 0.416 e. The van der Waals surface area contributed by atoms with Crippen molar-refractivity contribution >= 4 is 23.4 Å². The summed E-state index contributed by atoms with van der Waals surface area (Å²) in [4.78, 5) is 26.1. The molecular formula is C24H22F4N4O2. The molecule has 0 radical (unpaired) electrons. The molecule has 0 bridgehead atoms. The third-order valence-electron chi connectivity index (χ3n) is 4.74. The van der Waals surface area contributed by atoms with Gasteiger partial charge in [-0.1, -0.05) is 36.4 Å². The van der Waals surface area contributed by atoms with E-state index in [9.17, 15) is 27.2 Å². The fraction of sp³-hybridized carbons (Fsp3) is 0.167. The second-order valence-corrected chi connectivity index (χ2v) is 7.23. The van der Waals surface area contributed by atoms with E-state index in [1.807, 2.05) is 30.3 Å². The van der Waals surface area contributed by atoms with Crippen LogP contribution in [0.4, 0.5) is 38.5 Å². The van der Waals surface area contributed by atoms with Crippen LogP contribution in [0, 0.1) is 5.82 Å². The number of rotatable bonds is 7. The number of carbonyl (C=O) groups excluding carboxylic acids is 2. The van der Waals surface area contributed by atoms with E-state index < -0.39 is 29.6 Å². The highest BCUT2D eigenvalue weighted by molar-refractivity contribution is 6.01. The minimum atomic E-state index is -4.56. The first-order chi connectivity index (χ1) is 16.2. The molecular weight excluding hydrogens is 452 g/mol. The number of benzene rings is 3. The molecule has 3 aromatic rings. The number of anilines is 2. The molecule has 0 aromatic heterocycles. The summed E-state index contributed by atoms with van der Waals surface area (Å²) in [6.45, 7) is 0.327. The number of hydrogen-bond acceptors (Lipinski definition) is 2. The molecule has 0 saturated carbocycles. The van der Waals surface area contributed by atoms with Crippen LogP contribution in [0.3, 0.4) is 0 Å². The van der Waals surface area contributed by atoms with Crippen LogP contribution in [-0.2, 0) is 12.7 Å². The van der Waals surface area contributed by atoms with E-state index in [-0.39, 0.29) is 18.8 Å². The van der Waals surface area contributed by atoms with Crippen LogP contribution in [0.2, 0.25) is 0 Å². The minimum absolute atomic E-state index is 0.0187. The van der Waals surface area contributed by atoms with E-state index in [1.165, 1.54) is 29.2 Å². The van der Waals surface area contributed by atoms with Crippen molar-refractivity contribution in [2.45, 2.75) is 12.7 Å². The van der Waals surface area contributed by atoms with Gasteiger partial charge in [0.05, 0.1) is 5.56 Å². The van der Waals surface area contributed by atoms with Gasteiger partial charge in [-0.05, 0) is 48.0 Å². The normalized spacial score (nSPS) is 10.9. The molecule has 0 aliphatic carbocycles. The summed E-state index contributed by atoms with van der Waals surface area (Å²) in [6.07, 6.45) is -4.56. The Morgan fingerprint density at radius 2 is 1.56 bits per heavy atom. The first-order valence-corrected chi connectivity index (χ1v) is 10.3. The smallest absolute Gasteiger partial charge is 0.336 e. The predicted molar refractivity (Wildman–Crippen MR) is 121 cm³/mol. The lowest BCUT2D eigenvalue weighted by Crippen LogP contribution is -2.43. The summed E-state index contributed by atoms with van der Waals surface area (Å²) < 4.78 is 52.3. The number of halogens is 4. The monoisotopic (exact) mass is 474 g/mol. The molecule has 0 spiro atoms. The highest BCUT2D eigenvalue weighted by atomic mass is 19.4. The van der Waals surface area contributed by atoms with E-state index in [2.05, 4.69) is 16.0 Å². The number of amides is 4. The summed E-state index contributed by atoms with van der Waals surface area (Å²) >= 11 is 0. The summed E-state index contributed by atoms with van der Waals surface area (Å²) in [5, 5.41) is 7.72. The first kappa shape index (κ1) is 24.6. The van der Waals surface area contributed by atoms with E-state index >= 15 is 0 Å². The fourth-order valence-corrected chi connectivity index (χ4v) is 3.06. The Morgan fingerprint density at radius 1 is 0.853 bits per heavy atom. The molecule has 0 saturated heterocycles. The van der Waals surface area contributed by atoms with Crippen molar-refractivity contribution in [3.63, 3.8) is 0 Å². The molecule has 0 aliphatic rings. The van der Waals surface area contributed by atoms with Gasteiger partial charge in [0.1, 0.15) is 5.82 Å². The van der Waals surface area contributed by atoms with Gasteiger partial charge in [-0.3, -0.25) is 4.90 Å². The SMILES string of the molecule is O=C(NCCN(C(=O)Nc1cccc(C(F)(F)F)c1)c1ccc(F)cc1)NCc1ccccc1. The zero-order valence-electron chi connectivity index (χ0n) is 17.9. The number of nitrogens with zero attached hydrogens (tertiary/aromatic N) is 1. The molecule has 3 rings (SSSR count). The summed E-state index contributed by atoms with van der Waals surface area (Å²) in [6, 6.07) is 17.3. The standard InChI is InChI=1S/C24H22F4N4O2/c25-19-9-11-21(12-10-19)32(14-13-29-22(33)30-16-17-5-2-1-3-6-17)23(34)31-20-8-4-7-18(15-20)24(26,27)28/h1-12,15H,13-14,16H2,(H,31,34)(H2,29,30,33). The Hall–Kier alpha value is -4.08. The van der Waals surface area contributed by atoms with Crippen LogP contribution in [0.5, 0.6) is 0 Å². The van der Waals surface area contributed by atoms with Crippen molar-refractivity contribution < 1.29 is 27.2 Å². The number of urea groups is 2. The van der Waals surface area contributed by atoms with Crippen molar-refractivity contribution in [3.05, 3.63) is 95.8 Å². The van der Waals surface area contributed by atoms with E-state index in [0.717, 1.165) is 29.8 Å². The molecule has 0 aliphatic heterocycles. The number of nitrogens with one attached hydrogen (secondary N) is 3. The number of hydrogen-bond donors (Lipinski definition) is 3. The lowest BCUT2D eigenvalue weighted by molar-refractivity contribution is -0.137. The topological polar surface area (TPSA) is 73.5 Å². The largest absolute Gasteiger partial charge is 0.416 e. The second kappa shape index (κ2) is 11.2. The van der Waals surface area contributed by atoms with Crippen molar-refractivity contribution in [2.75, 3.05) is 23.3 Å². The van der Waals surface area contributed by atoms with Crippen LogP contribution >= 0.6 is 0 Å². The molecule has 10 heteroatoms. The molecule has 0 heterocycles. The quantitative estimate of drug-likeness (QED) is 0.402. The Morgan fingerprint density at radius 3 is 2.24 bits per heavy atom. The molecule has 3 aromatic carbocycles. The van der Waals surface area contributed by atoms with Crippen LogP contribution in [0.15, 0.2) is 78.9 Å². The molecule has 0 atom stereocenters. The average Bonchev–Trinajstić information content (AvgIpc) is 2.81. The van der Waals surface area contributed by atoms with Crippen LogP contribution in [0.25, 0.3) is 0 Å². The van der Waals surface area contributed by atoms with E-state index in [1.54, 1.807) is 0 Å². The van der Waals surface area contributed by atoms with Gasteiger partial charge in [-0.2, -0.15) is 13.2 Å². The predicted octanol–water partition coefficient (Wildman–Crippen LogP) is 5.38. The Kier molecular flexibility index (Phi) is 8.07. The lowest BCUT2D eigenvalue weighted by Gasteiger charge is -2.24.